The molecule has 2 unspecified atom stereocenters. The summed E-state index contributed by atoms with van der Waals surface area (Å²) in [5.41, 5.74) is 0. The van der Waals surface area contributed by atoms with Crippen LogP contribution in [-0.2, 0) is 19.2 Å². The van der Waals surface area contributed by atoms with Crippen molar-refractivity contribution in [3.8, 4) is 0 Å². The summed E-state index contributed by atoms with van der Waals surface area (Å²) in [5, 5.41) is 5.07. The second kappa shape index (κ2) is 8.39. The lowest BCUT2D eigenvalue weighted by molar-refractivity contribution is -0.138. The van der Waals surface area contributed by atoms with Crippen molar-refractivity contribution >= 4 is 24.5 Å². The van der Waals surface area contributed by atoms with E-state index in [0.717, 1.165) is 12.7 Å². The van der Waals surface area contributed by atoms with Gasteiger partial charge in [0.05, 0.1) is 12.6 Å². The summed E-state index contributed by atoms with van der Waals surface area (Å²) >= 11 is 0. The molecule has 0 aromatic carbocycles. The van der Waals surface area contributed by atoms with E-state index in [9.17, 15) is 19.2 Å². The number of hydrogen-bond donors (Lipinski definition) is 2. The van der Waals surface area contributed by atoms with Crippen LogP contribution in [0.4, 0.5) is 0 Å². The first kappa shape index (κ1) is 17.1. The van der Waals surface area contributed by atoms with Crippen LogP contribution in [0.15, 0.2) is 0 Å². The van der Waals surface area contributed by atoms with E-state index in [-0.39, 0.29) is 30.3 Å². The predicted octanol–water partition coefficient (Wildman–Crippen LogP) is -0.547. The van der Waals surface area contributed by atoms with Crippen molar-refractivity contribution in [2.75, 3.05) is 13.1 Å². The van der Waals surface area contributed by atoms with E-state index in [2.05, 4.69) is 10.6 Å². The van der Waals surface area contributed by atoms with Crippen molar-refractivity contribution < 1.29 is 19.2 Å². The lowest BCUT2D eigenvalue weighted by Crippen LogP contribution is -2.49. The molecule has 0 bridgehead atoms. The zero-order chi connectivity index (χ0) is 15.8. The van der Waals surface area contributed by atoms with Crippen molar-refractivity contribution in [1.82, 2.24) is 15.5 Å². The lowest BCUT2D eigenvalue weighted by atomic mass is 9.97. The first-order chi connectivity index (χ1) is 10.0. The Morgan fingerprint density at radius 1 is 1.48 bits per heavy atom. The number of nitrogens with zero attached hydrogens (tertiary/aromatic N) is 1. The molecule has 1 heterocycles. The third-order valence-corrected chi connectivity index (χ3v) is 3.67. The fourth-order valence-electron chi connectivity index (χ4n) is 2.64. The van der Waals surface area contributed by atoms with Gasteiger partial charge in [0.15, 0.2) is 0 Å². The maximum atomic E-state index is 12.1. The van der Waals surface area contributed by atoms with Crippen molar-refractivity contribution in [1.29, 1.82) is 0 Å². The monoisotopic (exact) mass is 297 g/mol. The van der Waals surface area contributed by atoms with Crippen LogP contribution in [0.5, 0.6) is 0 Å². The molecule has 2 N–H and O–H groups in total. The summed E-state index contributed by atoms with van der Waals surface area (Å²) in [6, 6.07) is -0.724. The van der Waals surface area contributed by atoms with Crippen LogP contribution in [0.2, 0.25) is 0 Å². The fraction of sp³-hybridized carbons (Fsp3) is 0.714. The van der Waals surface area contributed by atoms with Gasteiger partial charge >= 0.3 is 0 Å². The van der Waals surface area contributed by atoms with E-state index in [0.29, 0.717) is 25.8 Å². The van der Waals surface area contributed by atoms with Gasteiger partial charge in [0, 0.05) is 18.5 Å². The Hall–Kier alpha value is -1.92. The normalized spacial score (nSPS) is 19.0. The molecule has 1 aliphatic rings. The highest BCUT2D eigenvalue weighted by molar-refractivity contribution is 5.83. The minimum absolute atomic E-state index is 0.0182. The molecule has 0 aliphatic carbocycles. The van der Waals surface area contributed by atoms with Gasteiger partial charge in [0.1, 0.15) is 6.29 Å². The Labute approximate surface area is 124 Å². The predicted molar refractivity (Wildman–Crippen MR) is 76.3 cm³/mol. The molecule has 1 aliphatic heterocycles. The zero-order valence-electron chi connectivity index (χ0n) is 12.5. The second-order valence-electron chi connectivity index (χ2n) is 5.45. The Bertz CT molecular complexity index is 398. The summed E-state index contributed by atoms with van der Waals surface area (Å²) in [7, 11) is 0. The smallest absolute Gasteiger partial charge is 0.242 e. The van der Waals surface area contributed by atoms with Crippen molar-refractivity contribution in [2.24, 2.45) is 5.92 Å². The van der Waals surface area contributed by atoms with Crippen molar-refractivity contribution in [3.63, 3.8) is 0 Å². The van der Waals surface area contributed by atoms with Gasteiger partial charge in [-0.25, -0.2) is 0 Å². The van der Waals surface area contributed by atoms with Gasteiger partial charge in [0.2, 0.25) is 18.2 Å². The topological polar surface area (TPSA) is 95.6 Å². The molecule has 1 rings (SSSR count). The third-order valence-electron chi connectivity index (χ3n) is 3.67. The highest BCUT2D eigenvalue weighted by atomic mass is 16.2. The summed E-state index contributed by atoms with van der Waals surface area (Å²) < 4.78 is 0. The first-order valence-corrected chi connectivity index (χ1v) is 7.22. The Balaban J connectivity index is 2.63. The molecule has 0 saturated carbocycles. The highest BCUT2D eigenvalue weighted by Crippen LogP contribution is 2.19. The van der Waals surface area contributed by atoms with Crippen LogP contribution in [0.1, 0.15) is 33.1 Å². The molecule has 2 atom stereocenters. The second-order valence-corrected chi connectivity index (χ2v) is 5.45. The molecule has 7 nitrogen and oxygen atoms in total. The number of aldehydes is 1. The molecule has 1 fully saturated rings. The third kappa shape index (κ3) is 4.84. The molecular formula is C14H23N3O4. The van der Waals surface area contributed by atoms with Crippen LogP contribution >= 0.6 is 0 Å². The van der Waals surface area contributed by atoms with Crippen molar-refractivity contribution in [3.05, 3.63) is 0 Å². The summed E-state index contributed by atoms with van der Waals surface area (Å²) in [6.45, 7) is 4.18. The number of nitrogens with one attached hydrogen (secondary N) is 2. The van der Waals surface area contributed by atoms with E-state index < -0.39 is 6.04 Å². The van der Waals surface area contributed by atoms with E-state index in [1.54, 1.807) is 0 Å². The first-order valence-electron chi connectivity index (χ1n) is 7.22. The van der Waals surface area contributed by atoms with Gasteiger partial charge in [-0.3, -0.25) is 14.4 Å². The quantitative estimate of drug-likeness (QED) is 0.558. The van der Waals surface area contributed by atoms with Gasteiger partial charge < -0.3 is 20.3 Å². The Morgan fingerprint density at radius 3 is 2.67 bits per heavy atom. The lowest BCUT2D eigenvalue weighted by Gasteiger charge is -2.32. The molecule has 7 heteroatoms. The summed E-state index contributed by atoms with van der Waals surface area (Å²) in [4.78, 5) is 46.7. The van der Waals surface area contributed by atoms with Crippen LogP contribution < -0.4 is 10.6 Å². The van der Waals surface area contributed by atoms with Crippen LogP contribution in [0, 0.1) is 5.92 Å². The molecule has 21 heavy (non-hydrogen) atoms. The average molecular weight is 297 g/mol. The Kier molecular flexibility index (Phi) is 6.84. The highest BCUT2D eigenvalue weighted by Gasteiger charge is 2.29. The van der Waals surface area contributed by atoms with E-state index in [1.165, 1.54) is 4.90 Å². The molecule has 118 valence electrons. The molecule has 0 spiro atoms. The van der Waals surface area contributed by atoms with Gasteiger partial charge in [-0.1, -0.05) is 0 Å². The number of amides is 3. The minimum atomic E-state index is -0.570. The van der Waals surface area contributed by atoms with Gasteiger partial charge in [-0.2, -0.15) is 0 Å². The maximum absolute atomic E-state index is 12.1. The van der Waals surface area contributed by atoms with Gasteiger partial charge in [-0.05, 0) is 33.1 Å². The maximum Gasteiger partial charge on any atom is 0.242 e. The molecule has 1 saturated heterocycles. The Morgan fingerprint density at radius 2 is 2.19 bits per heavy atom. The fourth-order valence-corrected chi connectivity index (χ4v) is 2.64. The van der Waals surface area contributed by atoms with Crippen LogP contribution in [0.3, 0.4) is 0 Å². The van der Waals surface area contributed by atoms with Crippen LogP contribution in [-0.4, -0.2) is 54.6 Å². The van der Waals surface area contributed by atoms with E-state index in [1.807, 2.05) is 13.8 Å². The molecule has 0 aromatic heterocycles. The average Bonchev–Trinajstić information content (AvgIpc) is 2.85. The number of rotatable bonds is 9. The van der Waals surface area contributed by atoms with Crippen molar-refractivity contribution in [2.45, 2.75) is 45.2 Å². The number of hydrogen-bond acceptors (Lipinski definition) is 4. The SMILES string of the molecule is CC(C)N(C(=O)CNC=O)C(C=O)CCC1CCNC1=O. The van der Waals surface area contributed by atoms with Crippen LogP contribution in [0.25, 0.3) is 0 Å². The van der Waals surface area contributed by atoms with Gasteiger partial charge in [0.25, 0.3) is 0 Å². The number of carbonyl (C=O) groups is 4. The zero-order valence-corrected chi connectivity index (χ0v) is 12.5. The van der Waals surface area contributed by atoms with E-state index in [4.69, 9.17) is 0 Å². The summed E-state index contributed by atoms with van der Waals surface area (Å²) in [5.74, 6) is -0.362. The van der Waals surface area contributed by atoms with E-state index >= 15 is 0 Å². The number of carbonyl (C=O) groups excluding carboxylic acids is 4. The molecule has 0 radical (unpaired) electrons. The largest absolute Gasteiger partial charge is 0.356 e. The molecule has 0 aromatic rings. The minimum Gasteiger partial charge on any atom is -0.356 e. The molecular weight excluding hydrogens is 274 g/mol. The molecule has 3 amide bonds. The summed E-state index contributed by atoms with van der Waals surface area (Å²) in [6.07, 6.45) is 2.99. The van der Waals surface area contributed by atoms with Gasteiger partial charge in [-0.15, -0.1) is 0 Å². The standard InChI is InChI=1S/C14H23N3O4/c1-10(2)17(13(20)7-15-9-19)12(8-18)4-3-11-5-6-16-14(11)21/h8-12H,3-7H2,1-2H3,(H,15,19)(H,16,21).